The number of esters is 2. The third-order valence-electron chi connectivity index (χ3n) is 4.46. The Morgan fingerprint density at radius 2 is 1.79 bits per heavy atom. The molecule has 2 aromatic rings. The zero-order valence-electron chi connectivity index (χ0n) is 17.0. The highest BCUT2D eigenvalue weighted by molar-refractivity contribution is 6.04. The van der Waals surface area contributed by atoms with Gasteiger partial charge in [0.25, 0.3) is 0 Å². The number of aryl methyl sites for hydroxylation is 2. The van der Waals surface area contributed by atoms with Gasteiger partial charge in [-0.2, -0.15) is 0 Å². The van der Waals surface area contributed by atoms with Crippen molar-refractivity contribution in [3.05, 3.63) is 51.8 Å². The molecule has 7 nitrogen and oxygen atoms in total. The highest BCUT2D eigenvalue weighted by Gasteiger charge is 2.28. The number of hydrogen-bond donors (Lipinski definition) is 1. The Morgan fingerprint density at radius 1 is 1.11 bits per heavy atom. The molecule has 2 rings (SSSR count). The Labute approximate surface area is 164 Å². The predicted octanol–water partition coefficient (Wildman–Crippen LogP) is 3.55. The second-order valence-corrected chi connectivity index (χ2v) is 6.44. The van der Waals surface area contributed by atoms with E-state index in [9.17, 15) is 14.4 Å². The van der Waals surface area contributed by atoms with Gasteiger partial charge < -0.3 is 19.2 Å². The van der Waals surface area contributed by atoms with Crippen molar-refractivity contribution in [2.24, 2.45) is 0 Å². The Hall–Kier alpha value is -3.09. The molecule has 150 valence electrons. The van der Waals surface area contributed by atoms with Crippen LogP contribution in [0.15, 0.2) is 18.2 Å². The second-order valence-electron chi connectivity index (χ2n) is 6.44. The van der Waals surface area contributed by atoms with E-state index >= 15 is 0 Å². The molecule has 0 aliphatic heterocycles. The van der Waals surface area contributed by atoms with Gasteiger partial charge in [0.15, 0.2) is 6.10 Å². The van der Waals surface area contributed by atoms with E-state index in [1.165, 1.54) is 14.0 Å². The zero-order valence-corrected chi connectivity index (χ0v) is 17.0. The minimum Gasteiger partial charge on any atom is -0.496 e. The number of aromatic amines is 1. The molecule has 28 heavy (non-hydrogen) atoms. The predicted molar refractivity (Wildman–Crippen MR) is 103 cm³/mol. The summed E-state index contributed by atoms with van der Waals surface area (Å²) < 4.78 is 15.6. The summed E-state index contributed by atoms with van der Waals surface area (Å²) in [5.74, 6) is -0.998. The molecule has 0 fully saturated rings. The molecule has 7 heteroatoms. The molecule has 0 aliphatic rings. The molecule has 0 radical (unpaired) electrons. The van der Waals surface area contributed by atoms with Crippen molar-refractivity contribution in [3.8, 4) is 5.75 Å². The van der Waals surface area contributed by atoms with Gasteiger partial charge in [-0.1, -0.05) is 6.07 Å². The fourth-order valence-electron chi connectivity index (χ4n) is 2.94. The molecule has 0 aliphatic carbocycles. The Morgan fingerprint density at radius 3 is 2.39 bits per heavy atom. The lowest BCUT2D eigenvalue weighted by Gasteiger charge is -2.13. The summed E-state index contributed by atoms with van der Waals surface area (Å²) in [6.45, 7) is 8.64. The number of benzene rings is 1. The lowest BCUT2D eigenvalue weighted by atomic mass is 10.1. The molecule has 0 saturated carbocycles. The molecule has 1 aromatic heterocycles. The van der Waals surface area contributed by atoms with Gasteiger partial charge in [0.1, 0.15) is 5.75 Å². The van der Waals surface area contributed by atoms with Crippen LogP contribution in [0.1, 0.15) is 61.9 Å². The molecule has 0 spiro atoms. The van der Waals surface area contributed by atoms with E-state index in [0.717, 1.165) is 5.56 Å². The number of rotatable bonds is 7. The van der Waals surface area contributed by atoms with Crippen molar-refractivity contribution in [2.45, 2.75) is 40.7 Å². The highest BCUT2D eigenvalue weighted by Crippen LogP contribution is 2.23. The van der Waals surface area contributed by atoms with E-state index in [1.807, 2.05) is 6.92 Å². The van der Waals surface area contributed by atoms with Gasteiger partial charge in [-0.25, -0.2) is 9.59 Å². The van der Waals surface area contributed by atoms with Crippen LogP contribution in [-0.2, 0) is 9.47 Å². The molecule has 0 amide bonds. The van der Waals surface area contributed by atoms with E-state index in [1.54, 1.807) is 39.0 Å². The molecule has 1 N–H and O–H groups in total. The van der Waals surface area contributed by atoms with Gasteiger partial charge in [-0.05, 0) is 57.9 Å². The summed E-state index contributed by atoms with van der Waals surface area (Å²) in [6, 6.07) is 4.92. The molecule has 1 aromatic carbocycles. The Kier molecular flexibility index (Phi) is 6.62. The van der Waals surface area contributed by atoms with E-state index in [-0.39, 0.29) is 17.9 Å². The second kappa shape index (κ2) is 8.73. The SMILES string of the molecule is CCOC(=O)c1c(C)[nH]c(C(=O)[C@H](C)OC(=O)c2ccc(C)c(OC)c2)c1C. The lowest BCUT2D eigenvalue weighted by Crippen LogP contribution is -2.25. The van der Waals surface area contributed by atoms with Gasteiger partial charge >= 0.3 is 11.9 Å². The smallest absolute Gasteiger partial charge is 0.340 e. The van der Waals surface area contributed by atoms with Crippen LogP contribution in [-0.4, -0.2) is 42.5 Å². The van der Waals surface area contributed by atoms with E-state index < -0.39 is 23.8 Å². The number of ether oxygens (including phenoxy) is 3. The monoisotopic (exact) mass is 387 g/mol. The number of aromatic nitrogens is 1. The fourth-order valence-corrected chi connectivity index (χ4v) is 2.94. The number of carbonyl (C=O) groups excluding carboxylic acids is 3. The van der Waals surface area contributed by atoms with Crippen LogP contribution < -0.4 is 4.74 Å². The van der Waals surface area contributed by atoms with Crippen molar-refractivity contribution in [2.75, 3.05) is 13.7 Å². The highest BCUT2D eigenvalue weighted by atomic mass is 16.5. The summed E-state index contributed by atoms with van der Waals surface area (Å²) in [7, 11) is 1.51. The lowest BCUT2D eigenvalue weighted by molar-refractivity contribution is 0.0316. The minimum atomic E-state index is -1.04. The standard InChI is InChI=1S/C21H25NO6/c1-7-27-21(25)17-12(3)18(22-13(17)4)19(23)14(5)28-20(24)15-9-8-11(2)16(10-15)26-6/h8-10,14,22H,7H2,1-6H3/t14-/m0/s1. The number of methoxy groups -OCH3 is 1. The van der Waals surface area contributed by atoms with Crippen molar-refractivity contribution in [3.63, 3.8) is 0 Å². The average molecular weight is 387 g/mol. The van der Waals surface area contributed by atoms with Crippen molar-refractivity contribution >= 4 is 17.7 Å². The quantitative estimate of drug-likeness (QED) is 0.577. The number of carbonyl (C=O) groups is 3. The molecular formula is C21H25NO6. The summed E-state index contributed by atoms with van der Waals surface area (Å²) in [6.07, 6.45) is -1.04. The molecule has 0 bridgehead atoms. The van der Waals surface area contributed by atoms with Crippen molar-refractivity contribution in [1.29, 1.82) is 0 Å². The van der Waals surface area contributed by atoms with Crippen LogP contribution in [0.25, 0.3) is 0 Å². The number of H-pyrrole nitrogens is 1. The largest absolute Gasteiger partial charge is 0.496 e. The fraction of sp³-hybridized carbons (Fsp3) is 0.381. The van der Waals surface area contributed by atoms with Crippen LogP contribution in [0, 0.1) is 20.8 Å². The molecule has 0 saturated heterocycles. The van der Waals surface area contributed by atoms with Crippen LogP contribution in [0.3, 0.4) is 0 Å². The topological polar surface area (TPSA) is 94.7 Å². The summed E-state index contributed by atoms with van der Waals surface area (Å²) in [5.41, 5.74) is 2.72. The Bertz CT molecular complexity index is 912. The summed E-state index contributed by atoms with van der Waals surface area (Å²) >= 11 is 0. The van der Waals surface area contributed by atoms with Gasteiger partial charge in [0.2, 0.25) is 5.78 Å². The maximum atomic E-state index is 12.8. The number of nitrogens with one attached hydrogen (secondary N) is 1. The molecule has 0 unspecified atom stereocenters. The third kappa shape index (κ3) is 4.24. The van der Waals surface area contributed by atoms with Crippen LogP contribution in [0.4, 0.5) is 0 Å². The first kappa shape index (κ1) is 21.2. The Balaban J connectivity index is 2.20. The summed E-state index contributed by atoms with van der Waals surface area (Å²) in [5, 5.41) is 0. The van der Waals surface area contributed by atoms with Crippen LogP contribution in [0.5, 0.6) is 5.75 Å². The van der Waals surface area contributed by atoms with Crippen LogP contribution in [0.2, 0.25) is 0 Å². The minimum absolute atomic E-state index is 0.224. The van der Waals surface area contributed by atoms with Crippen LogP contribution >= 0.6 is 0 Å². The molecule has 1 heterocycles. The number of ketones is 1. The normalized spacial score (nSPS) is 11.6. The summed E-state index contributed by atoms with van der Waals surface area (Å²) in [4.78, 5) is 40.2. The first-order chi connectivity index (χ1) is 13.2. The first-order valence-corrected chi connectivity index (χ1v) is 8.97. The van der Waals surface area contributed by atoms with E-state index in [0.29, 0.717) is 22.6 Å². The first-order valence-electron chi connectivity index (χ1n) is 8.97. The average Bonchev–Trinajstić information content (AvgIpc) is 2.95. The van der Waals surface area contributed by atoms with Gasteiger partial charge in [-0.3, -0.25) is 4.79 Å². The maximum absolute atomic E-state index is 12.8. The van der Waals surface area contributed by atoms with E-state index in [2.05, 4.69) is 4.98 Å². The molecule has 1 atom stereocenters. The number of Topliss-reactive ketones (excluding diaryl/α,β-unsaturated/α-hetero) is 1. The van der Waals surface area contributed by atoms with E-state index in [4.69, 9.17) is 14.2 Å². The van der Waals surface area contributed by atoms with Crippen molar-refractivity contribution in [1.82, 2.24) is 4.98 Å². The third-order valence-corrected chi connectivity index (χ3v) is 4.46. The molecular weight excluding hydrogens is 362 g/mol. The van der Waals surface area contributed by atoms with Gasteiger partial charge in [0, 0.05) is 5.69 Å². The van der Waals surface area contributed by atoms with Crippen molar-refractivity contribution < 1.29 is 28.6 Å². The maximum Gasteiger partial charge on any atom is 0.340 e. The van der Waals surface area contributed by atoms with Gasteiger partial charge in [-0.15, -0.1) is 0 Å². The zero-order chi connectivity index (χ0) is 21.0. The van der Waals surface area contributed by atoms with Gasteiger partial charge in [0.05, 0.1) is 30.5 Å². The number of hydrogen-bond acceptors (Lipinski definition) is 6.